The molecule has 0 fully saturated rings. The first kappa shape index (κ1) is 13.7. The van der Waals surface area contributed by atoms with Crippen molar-refractivity contribution in [1.29, 1.82) is 0 Å². The zero-order valence-corrected chi connectivity index (χ0v) is 11.1. The maximum atomic E-state index is 10.7. The number of ether oxygens (including phenoxy) is 1. The lowest BCUT2D eigenvalue weighted by Gasteiger charge is -2.12. The Bertz CT molecular complexity index is 609. The molecule has 2 aromatic carbocycles. The van der Waals surface area contributed by atoms with Gasteiger partial charge in [0, 0.05) is 5.69 Å². The van der Waals surface area contributed by atoms with Gasteiger partial charge in [-0.25, -0.2) is 0 Å². The maximum Gasteiger partial charge on any atom is 0.119 e. The van der Waals surface area contributed by atoms with Crippen LogP contribution >= 0.6 is 0 Å². The third kappa shape index (κ3) is 3.20. The predicted octanol–water partition coefficient (Wildman–Crippen LogP) is 1.77. The summed E-state index contributed by atoms with van der Waals surface area (Å²) in [5, 5.41) is 13.8. The molecule has 0 aliphatic heterocycles. The van der Waals surface area contributed by atoms with Crippen molar-refractivity contribution < 1.29 is 14.6 Å². The van der Waals surface area contributed by atoms with Gasteiger partial charge in [-0.2, -0.15) is 0 Å². The number of carboxylic acids is 1. The number of benzene rings is 2. The van der Waals surface area contributed by atoms with Crippen LogP contribution in [0.5, 0.6) is 5.75 Å². The number of anilines is 3. The summed E-state index contributed by atoms with van der Waals surface area (Å²) in [6.45, 7) is 2.54. The van der Waals surface area contributed by atoms with Gasteiger partial charge in [0.1, 0.15) is 5.75 Å². The highest BCUT2D eigenvalue weighted by molar-refractivity contribution is 5.89. The average molecular weight is 271 g/mol. The molecular formula is C15H15N2O3-. The van der Waals surface area contributed by atoms with E-state index in [4.69, 9.17) is 10.5 Å². The van der Waals surface area contributed by atoms with Crippen LogP contribution in [0, 0.1) is 0 Å². The van der Waals surface area contributed by atoms with Crippen LogP contribution in [-0.4, -0.2) is 12.6 Å². The largest absolute Gasteiger partial charge is 0.545 e. The van der Waals surface area contributed by atoms with Gasteiger partial charge in [-0.1, -0.05) is 6.07 Å². The van der Waals surface area contributed by atoms with Crippen molar-refractivity contribution in [1.82, 2.24) is 0 Å². The fourth-order valence-corrected chi connectivity index (χ4v) is 1.76. The lowest BCUT2D eigenvalue weighted by Crippen LogP contribution is -2.22. The van der Waals surface area contributed by atoms with E-state index in [1.807, 2.05) is 31.2 Å². The van der Waals surface area contributed by atoms with E-state index in [2.05, 4.69) is 5.32 Å². The molecule has 0 saturated heterocycles. The first-order valence-electron chi connectivity index (χ1n) is 6.21. The smallest absolute Gasteiger partial charge is 0.119 e. The molecule has 0 aliphatic rings. The molecular weight excluding hydrogens is 256 g/mol. The number of aromatic carboxylic acids is 1. The first-order chi connectivity index (χ1) is 9.60. The molecule has 0 radical (unpaired) electrons. The van der Waals surface area contributed by atoms with Crippen LogP contribution < -0.4 is 20.9 Å². The second-order valence-electron chi connectivity index (χ2n) is 4.17. The number of carbonyl (C=O) groups is 1. The van der Waals surface area contributed by atoms with Gasteiger partial charge < -0.3 is 25.7 Å². The van der Waals surface area contributed by atoms with E-state index in [0.717, 1.165) is 11.4 Å². The summed E-state index contributed by atoms with van der Waals surface area (Å²) in [4.78, 5) is 10.7. The van der Waals surface area contributed by atoms with Gasteiger partial charge in [-0.3, -0.25) is 0 Å². The van der Waals surface area contributed by atoms with E-state index < -0.39 is 5.97 Å². The van der Waals surface area contributed by atoms with E-state index >= 15 is 0 Å². The third-order valence-electron chi connectivity index (χ3n) is 2.73. The minimum atomic E-state index is -1.25. The number of rotatable bonds is 5. The van der Waals surface area contributed by atoms with Gasteiger partial charge in [0.25, 0.3) is 0 Å². The van der Waals surface area contributed by atoms with E-state index in [0.29, 0.717) is 18.0 Å². The zero-order chi connectivity index (χ0) is 14.5. The number of hydrogen-bond donors (Lipinski definition) is 2. The number of carboxylic acid groups (broad SMARTS) is 1. The summed E-state index contributed by atoms with van der Waals surface area (Å²) < 4.78 is 5.35. The normalized spacial score (nSPS) is 10.1. The Balaban J connectivity index is 2.15. The topological polar surface area (TPSA) is 87.4 Å². The number of carbonyl (C=O) groups excluding carboxylic acids is 1. The summed E-state index contributed by atoms with van der Waals surface area (Å²) in [5.74, 6) is -0.456. The molecule has 0 spiro atoms. The minimum absolute atomic E-state index is 0.0553. The minimum Gasteiger partial charge on any atom is -0.545 e. The van der Waals surface area contributed by atoms with E-state index in [-0.39, 0.29) is 5.56 Å². The Morgan fingerprint density at radius 3 is 2.50 bits per heavy atom. The third-order valence-corrected chi connectivity index (χ3v) is 2.73. The Labute approximate surface area is 117 Å². The fraction of sp³-hybridized carbons (Fsp3) is 0.133. The van der Waals surface area contributed by atoms with Gasteiger partial charge in [0.05, 0.1) is 24.0 Å². The van der Waals surface area contributed by atoms with Crippen LogP contribution in [0.3, 0.4) is 0 Å². The molecule has 0 amide bonds. The van der Waals surface area contributed by atoms with E-state index in [1.165, 1.54) is 12.1 Å². The number of nitrogens with two attached hydrogens (primary N) is 1. The van der Waals surface area contributed by atoms with Gasteiger partial charge in [-0.15, -0.1) is 0 Å². The number of nitrogens with one attached hydrogen (secondary N) is 1. The zero-order valence-electron chi connectivity index (χ0n) is 11.1. The van der Waals surface area contributed by atoms with Crippen LogP contribution in [0.25, 0.3) is 0 Å². The van der Waals surface area contributed by atoms with Crippen LogP contribution in [-0.2, 0) is 0 Å². The van der Waals surface area contributed by atoms with Crippen LogP contribution in [0.4, 0.5) is 17.1 Å². The van der Waals surface area contributed by atoms with Crippen LogP contribution in [0.15, 0.2) is 42.5 Å². The predicted molar refractivity (Wildman–Crippen MR) is 76.1 cm³/mol. The molecule has 2 aromatic rings. The summed E-state index contributed by atoms with van der Waals surface area (Å²) in [6, 6.07) is 11.8. The van der Waals surface area contributed by atoms with Crippen molar-refractivity contribution in [2.45, 2.75) is 6.92 Å². The van der Waals surface area contributed by atoms with Crippen molar-refractivity contribution in [3.8, 4) is 5.75 Å². The van der Waals surface area contributed by atoms with Crippen molar-refractivity contribution >= 4 is 23.0 Å². The molecule has 2 rings (SSSR count). The highest BCUT2D eigenvalue weighted by Gasteiger charge is 2.02. The molecule has 0 aliphatic carbocycles. The molecule has 0 aromatic heterocycles. The second-order valence-corrected chi connectivity index (χ2v) is 4.17. The molecule has 104 valence electrons. The maximum absolute atomic E-state index is 10.7. The lowest BCUT2D eigenvalue weighted by molar-refractivity contribution is -0.255. The van der Waals surface area contributed by atoms with Crippen molar-refractivity contribution in [2.75, 3.05) is 17.7 Å². The Hall–Kier alpha value is -2.69. The quantitative estimate of drug-likeness (QED) is 0.809. The molecule has 5 nitrogen and oxygen atoms in total. The lowest BCUT2D eigenvalue weighted by atomic mass is 10.1. The molecule has 0 heterocycles. The van der Waals surface area contributed by atoms with Crippen molar-refractivity contribution in [2.24, 2.45) is 0 Å². The highest BCUT2D eigenvalue weighted by Crippen LogP contribution is 2.25. The monoisotopic (exact) mass is 271 g/mol. The van der Waals surface area contributed by atoms with Crippen molar-refractivity contribution in [3.63, 3.8) is 0 Å². The van der Waals surface area contributed by atoms with E-state index in [9.17, 15) is 9.90 Å². The molecule has 5 heteroatoms. The summed E-state index contributed by atoms with van der Waals surface area (Å²) in [7, 11) is 0. The van der Waals surface area contributed by atoms with Gasteiger partial charge >= 0.3 is 0 Å². The summed E-state index contributed by atoms with van der Waals surface area (Å²) in [5.41, 5.74) is 7.68. The first-order valence-corrected chi connectivity index (χ1v) is 6.21. The standard InChI is InChI=1S/C15H16N2O3/c1-2-20-12-6-4-11(5-7-12)17-14-8-3-10(15(18)19)9-13(14)16/h3-9,17H,2,16H2,1H3,(H,18,19)/p-1. The average Bonchev–Trinajstić information content (AvgIpc) is 2.43. The Morgan fingerprint density at radius 2 is 1.95 bits per heavy atom. The van der Waals surface area contributed by atoms with Gasteiger partial charge in [0.15, 0.2) is 0 Å². The number of hydrogen-bond acceptors (Lipinski definition) is 5. The molecule has 0 unspecified atom stereocenters. The highest BCUT2D eigenvalue weighted by atomic mass is 16.5. The number of nitrogen functional groups attached to an aromatic ring is 1. The van der Waals surface area contributed by atoms with Gasteiger partial charge in [-0.05, 0) is 48.9 Å². The molecule has 0 saturated carbocycles. The van der Waals surface area contributed by atoms with Crippen molar-refractivity contribution in [3.05, 3.63) is 48.0 Å². The SMILES string of the molecule is CCOc1ccc(Nc2ccc(C(=O)[O-])cc2N)cc1. The van der Waals surface area contributed by atoms with Crippen LogP contribution in [0.2, 0.25) is 0 Å². The Kier molecular flexibility index (Phi) is 4.10. The van der Waals surface area contributed by atoms with E-state index in [1.54, 1.807) is 6.07 Å². The molecule has 0 atom stereocenters. The fourth-order valence-electron chi connectivity index (χ4n) is 1.76. The Morgan fingerprint density at radius 1 is 1.25 bits per heavy atom. The summed E-state index contributed by atoms with van der Waals surface area (Å²) in [6.07, 6.45) is 0. The van der Waals surface area contributed by atoms with Crippen LogP contribution in [0.1, 0.15) is 17.3 Å². The second kappa shape index (κ2) is 5.97. The molecule has 3 N–H and O–H groups in total. The van der Waals surface area contributed by atoms with Gasteiger partial charge in [0.2, 0.25) is 0 Å². The summed E-state index contributed by atoms with van der Waals surface area (Å²) >= 11 is 0. The molecule has 0 bridgehead atoms. The molecule has 20 heavy (non-hydrogen) atoms.